The normalized spacial score (nSPS) is 28.2. The Morgan fingerprint density at radius 1 is 0.330 bits per heavy atom. The molecule has 4 fully saturated rings. The van der Waals surface area contributed by atoms with Crippen molar-refractivity contribution in [1.29, 1.82) is 0 Å². The van der Waals surface area contributed by atoms with Gasteiger partial charge in [-0.15, -0.1) is 0 Å². The highest BCUT2D eigenvalue weighted by Gasteiger charge is 2.65. The van der Waals surface area contributed by atoms with Gasteiger partial charge in [-0.05, 0) is 84.6 Å². The van der Waals surface area contributed by atoms with Crippen LogP contribution in [0.25, 0.3) is 0 Å². The van der Waals surface area contributed by atoms with Gasteiger partial charge in [0, 0.05) is 21.3 Å². The lowest BCUT2D eigenvalue weighted by atomic mass is 9.93. The van der Waals surface area contributed by atoms with E-state index in [1.54, 1.807) is 98.8 Å². The van der Waals surface area contributed by atoms with E-state index in [0.717, 1.165) is 22.3 Å². The quantitative estimate of drug-likeness (QED) is 0.0300. The number of ether oxygens (including phenoxy) is 18. The topological polar surface area (TPSA) is 234 Å². The van der Waals surface area contributed by atoms with Gasteiger partial charge in [0.05, 0.1) is 61.9 Å². The van der Waals surface area contributed by atoms with Crippen LogP contribution in [-0.4, -0.2) is 169 Å². The fourth-order valence-corrected chi connectivity index (χ4v) is 12.7. The Bertz CT molecular complexity index is 3930. The molecule has 0 aliphatic carbocycles. The van der Waals surface area contributed by atoms with Gasteiger partial charge in [-0.3, -0.25) is 0 Å². The minimum Gasteiger partial charge on any atom is -0.459 e. The molecule has 8 aromatic carbocycles. The summed E-state index contributed by atoms with van der Waals surface area (Å²) in [6.07, 6.45) is -20.0. The van der Waals surface area contributed by atoms with Gasteiger partial charge in [-0.2, -0.15) is 0 Å². The van der Waals surface area contributed by atoms with Crippen molar-refractivity contribution in [2.24, 2.45) is 0 Å². The average molecular weight is 1410 g/mol. The summed E-state index contributed by atoms with van der Waals surface area (Å²) >= 11 is 0. The van der Waals surface area contributed by atoms with Crippen LogP contribution in [0.4, 0.5) is 0 Å². The van der Waals surface area contributed by atoms with E-state index in [2.05, 4.69) is 0 Å². The van der Waals surface area contributed by atoms with E-state index in [1.807, 2.05) is 121 Å². The summed E-state index contributed by atoms with van der Waals surface area (Å²) in [6.45, 7) is 2.78. The number of hydrogen-bond acceptors (Lipinski definition) is 22. The maximum absolute atomic E-state index is 14.6. The Labute approximate surface area is 598 Å². The first-order chi connectivity index (χ1) is 50.3. The molecular weight excluding hydrogens is 1320 g/mol. The molecule has 12 rings (SSSR count). The van der Waals surface area contributed by atoms with Gasteiger partial charge in [0.15, 0.2) is 37.2 Å². The van der Waals surface area contributed by atoms with E-state index in [9.17, 15) is 19.2 Å². The number of rotatable bonds is 30. The van der Waals surface area contributed by atoms with Crippen molar-refractivity contribution < 1.29 is 104 Å². The Morgan fingerprint density at radius 2 is 0.699 bits per heavy atom. The van der Waals surface area contributed by atoms with Crippen molar-refractivity contribution in [1.82, 2.24) is 0 Å². The monoisotopic (exact) mass is 1410 g/mol. The van der Waals surface area contributed by atoms with Gasteiger partial charge >= 0.3 is 23.9 Å². The van der Waals surface area contributed by atoms with Crippen LogP contribution in [0.2, 0.25) is 0 Å². The Balaban J connectivity index is 0.915. The Hall–Kier alpha value is -8.92. The van der Waals surface area contributed by atoms with Crippen LogP contribution in [0.1, 0.15) is 77.5 Å². The number of esters is 4. The SMILES string of the molecule is CO[C@H]1O[C@H](CO[C@H]2O[C@H](COC(=O)c3ccccc3)[C@@H](OC(=O)c3ccccc3)[C@H](OC(=O)c3ccccc3)[C@@H]2OC(=O)c2ccccc2)[C@H]2OC(C)(OC)C(C)(OC)O[C@@H]2[C@@H]1O[C@H]1O[C@H](COCc2ccccc2)[C@@H](OCc2ccccc2)[C@H](OCc2ccccc2)[C@@H]1OCc1ccccc1. The average Bonchev–Trinajstić information content (AvgIpc) is 0.729. The predicted molar refractivity (Wildman–Crippen MR) is 369 cm³/mol. The molecule has 4 heterocycles. The van der Waals surface area contributed by atoms with Crippen LogP contribution >= 0.6 is 0 Å². The molecular formula is C81H84O22. The summed E-state index contributed by atoms with van der Waals surface area (Å²) in [7, 11) is 4.31. The number of methoxy groups -OCH3 is 3. The minimum atomic E-state index is -1.77. The lowest BCUT2D eigenvalue weighted by molar-refractivity contribution is -0.487. The van der Waals surface area contributed by atoms with Crippen molar-refractivity contribution in [2.45, 2.75) is 144 Å². The Kier molecular flexibility index (Phi) is 25.4. The van der Waals surface area contributed by atoms with Crippen molar-refractivity contribution in [3.05, 3.63) is 287 Å². The Morgan fingerprint density at radius 3 is 1.16 bits per heavy atom. The van der Waals surface area contributed by atoms with E-state index in [1.165, 1.54) is 57.7 Å². The molecule has 22 nitrogen and oxygen atoms in total. The van der Waals surface area contributed by atoms with Gasteiger partial charge in [0.1, 0.15) is 61.5 Å². The lowest BCUT2D eigenvalue weighted by Crippen LogP contribution is -2.74. The number of benzene rings is 8. The number of carbonyl (C=O) groups is 4. The van der Waals surface area contributed by atoms with Gasteiger partial charge in [-0.1, -0.05) is 194 Å². The van der Waals surface area contributed by atoms with Crippen LogP contribution in [0.15, 0.2) is 243 Å². The second-order valence-corrected chi connectivity index (χ2v) is 25.2. The first-order valence-corrected chi connectivity index (χ1v) is 34.1. The van der Waals surface area contributed by atoms with Gasteiger partial charge in [0.2, 0.25) is 11.6 Å². The van der Waals surface area contributed by atoms with E-state index < -0.39 is 141 Å². The molecule has 0 bridgehead atoms. The fourth-order valence-electron chi connectivity index (χ4n) is 12.7. The molecule has 8 aromatic rings. The maximum atomic E-state index is 14.6. The predicted octanol–water partition coefficient (Wildman–Crippen LogP) is 11.2. The van der Waals surface area contributed by atoms with Crippen LogP contribution in [-0.2, 0) is 112 Å². The standard InChI is InChI=1S/C81H84O22/c1-80(87-4)81(2,88-5)103-69-66(102-80)63(52-94-78-71(100-76(85)60-44-28-13-29-45-60)68(99-75(84)59-42-26-12-27-43-59)65(98-74(83)58-40-24-11-25-41-58)62(96-78)51-93-73(82)57-38-22-10-23-39-57)95-77(86-3)72(69)101-79-70(92-49-56-36-20-9-21-37-56)67(91-48-55-34-18-8-19-35-55)64(90-47-54-32-16-7-17-33-54)61(97-79)50-89-46-53-30-14-6-15-31-53/h6-45,61-72,77-79H,46-52H2,1-5H3/t61-,62-,63-,64-,65-,66-,67+,68+,69+,70+,71+,72+,77+,78+,79-,80?,81?/m1/s1. The molecule has 103 heavy (non-hydrogen) atoms. The molecule has 0 spiro atoms. The number of carbonyl (C=O) groups excluding carboxylic acids is 4. The summed E-state index contributed by atoms with van der Waals surface area (Å²) in [6, 6.07) is 71.2. The second-order valence-electron chi connectivity index (χ2n) is 25.2. The maximum Gasteiger partial charge on any atom is 0.338 e. The summed E-state index contributed by atoms with van der Waals surface area (Å²) in [5, 5.41) is 0. The van der Waals surface area contributed by atoms with Crippen LogP contribution < -0.4 is 0 Å². The van der Waals surface area contributed by atoms with E-state index in [-0.39, 0.29) is 55.3 Å². The number of hydrogen-bond donors (Lipinski definition) is 0. The molecule has 4 saturated heterocycles. The lowest BCUT2D eigenvalue weighted by Gasteiger charge is -2.57. The van der Waals surface area contributed by atoms with E-state index in [0.29, 0.717) is 0 Å². The minimum absolute atomic E-state index is 0.00241. The van der Waals surface area contributed by atoms with Crippen molar-refractivity contribution in [2.75, 3.05) is 41.2 Å². The molecule has 0 saturated carbocycles. The van der Waals surface area contributed by atoms with Crippen LogP contribution in [0.5, 0.6) is 0 Å². The zero-order chi connectivity index (χ0) is 71.6. The number of fused-ring (bicyclic) bond motifs is 1. The molecule has 4 aliphatic heterocycles. The van der Waals surface area contributed by atoms with Gasteiger partial charge in [0.25, 0.3) is 0 Å². The van der Waals surface area contributed by atoms with Gasteiger partial charge < -0.3 is 85.3 Å². The first-order valence-electron chi connectivity index (χ1n) is 34.1. The van der Waals surface area contributed by atoms with Crippen LogP contribution in [0, 0.1) is 0 Å². The fraction of sp³-hybridized carbons (Fsp3) is 0.358. The molecule has 540 valence electrons. The third-order valence-corrected chi connectivity index (χ3v) is 18.4. The zero-order valence-electron chi connectivity index (χ0n) is 57.7. The smallest absolute Gasteiger partial charge is 0.338 e. The summed E-state index contributed by atoms with van der Waals surface area (Å²) < 4.78 is 121. The third kappa shape index (κ3) is 18.4. The summed E-state index contributed by atoms with van der Waals surface area (Å²) in [5.74, 6) is -6.84. The second kappa shape index (κ2) is 35.5. The highest BCUT2D eigenvalue weighted by Crippen LogP contribution is 2.46. The van der Waals surface area contributed by atoms with Gasteiger partial charge in [-0.25, -0.2) is 19.2 Å². The van der Waals surface area contributed by atoms with Crippen molar-refractivity contribution in [3.8, 4) is 0 Å². The molecule has 17 atom stereocenters. The van der Waals surface area contributed by atoms with Crippen molar-refractivity contribution in [3.63, 3.8) is 0 Å². The molecule has 22 heteroatoms. The summed E-state index contributed by atoms with van der Waals surface area (Å²) in [5.41, 5.74) is 4.05. The first kappa shape index (κ1) is 73.8. The largest absolute Gasteiger partial charge is 0.459 e. The van der Waals surface area contributed by atoms with Crippen LogP contribution in [0.3, 0.4) is 0 Å². The highest BCUT2D eigenvalue weighted by atomic mass is 16.8. The molecule has 4 aliphatic rings. The van der Waals surface area contributed by atoms with E-state index >= 15 is 0 Å². The molecule has 0 aromatic heterocycles. The van der Waals surface area contributed by atoms with E-state index in [4.69, 9.17) is 85.3 Å². The molecule has 2 unspecified atom stereocenters. The molecule has 0 N–H and O–H groups in total. The summed E-state index contributed by atoms with van der Waals surface area (Å²) in [4.78, 5) is 57.5. The zero-order valence-corrected chi connectivity index (χ0v) is 57.7. The third-order valence-electron chi connectivity index (χ3n) is 18.4. The molecule has 0 radical (unpaired) electrons. The highest BCUT2D eigenvalue weighted by molar-refractivity contribution is 5.91. The molecule has 0 amide bonds. The van der Waals surface area contributed by atoms with Crippen molar-refractivity contribution >= 4 is 23.9 Å².